The highest BCUT2D eigenvalue weighted by Crippen LogP contribution is 2.37. The molecule has 2 heterocycles. The lowest BCUT2D eigenvalue weighted by molar-refractivity contribution is 0.0390. The van der Waals surface area contributed by atoms with E-state index in [1.165, 1.54) is 36.1 Å². The van der Waals surface area contributed by atoms with Crippen molar-refractivity contribution in [2.45, 2.75) is 56.0 Å². The largest absolute Gasteiger partial charge is 0.359 e. The number of likely N-dealkylation sites (tertiary alicyclic amines) is 1. The number of amides is 1. The van der Waals surface area contributed by atoms with Crippen LogP contribution in [0.15, 0.2) is 47.4 Å². The summed E-state index contributed by atoms with van der Waals surface area (Å²) in [6, 6.07) is 12.8. The third-order valence-electron chi connectivity index (χ3n) is 7.38. The van der Waals surface area contributed by atoms with Gasteiger partial charge in [-0.3, -0.25) is 4.79 Å². The van der Waals surface area contributed by atoms with Gasteiger partial charge in [-0.25, -0.2) is 8.42 Å². The maximum Gasteiger partial charge on any atom is 0.254 e. The van der Waals surface area contributed by atoms with Crippen molar-refractivity contribution in [2.24, 2.45) is 5.92 Å². The Morgan fingerprint density at radius 1 is 1.03 bits per heavy atom. The lowest BCUT2D eigenvalue weighted by Crippen LogP contribution is -2.49. The second kappa shape index (κ2) is 8.93. The number of rotatable bonds is 3. The molecule has 1 saturated heterocycles. The molecule has 3 aliphatic rings. The first-order valence-electron chi connectivity index (χ1n) is 11.8. The Morgan fingerprint density at radius 2 is 1.76 bits per heavy atom. The van der Waals surface area contributed by atoms with E-state index >= 15 is 0 Å². The van der Waals surface area contributed by atoms with E-state index in [0.717, 1.165) is 24.9 Å². The third-order valence-corrected chi connectivity index (χ3v) is 9.43. The summed E-state index contributed by atoms with van der Waals surface area (Å²) in [6.45, 7) is 1.33. The van der Waals surface area contributed by atoms with Gasteiger partial charge >= 0.3 is 0 Å². The Hall–Kier alpha value is -2.09. The molecule has 6 nitrogen and oxygen atoms in total. The van der Waals surface area contributed by atoms with E-state index in [1.54, 1.807) is 12.1 Å². The van der Waals surface area contributed by atoms with Gasteiger partial charge in [-0.2, -0.15) is 4.31 Å². The van der Waals surface area contributed by atoms with Gasteiger partial charge in [0.1, 0.15) is 4.90 Å². The third kappa shape index (κ3) is 4.27. The molecule has 33 heavy (non-hydrogen) atoms. The van der Waals surface area contributed by atoms with Gasteiger partial charge in [0.15, 0.2) is 0 Å². The molecule has 1 saturated carbocycles. The molecule has 0 aromatic heterocycles. The molecule has 2 unspecified atom stereocenters. The van der Waals surface area contributed by atoms with Crippen molar-refractivity contribution in [3.63, 3.8) is 0 Å². The summed E-state index contributed by atoms with van der Waals surface area (Å²) in [5, 5.41) is 0.397. The van der Waals surface area contributed by atoms with Crippen molar-refractivity contribution in [3.05, 3.63) is 58.6 Å². The summed E-state index contributed by atoms with van der Waals surface area (Å²) in [7, 11) is -1.79. The van der Waals surface area contributed by atoms with Gasteiger partial charge in [0.05, 0.1) is 12.4 Å². The summed E-state index contributed by atoms with van der Waals surface area (Å²) < 4.78 is 27.8. The van der Waals surface area contributed by atoms with Crippen molar-refractivity contribution in [1.82, 2.24) is 9.21 Å². The van der Waals surface area contributed by atoms with Gasteiger partial charge in [0, 0.05) is 36.8 Å². The fourth-order valence-electron chi connectivity index (χ4n) is 5.67. The molecule has 2 aromatic rings. The highest BCUT2D eigenvalue weighted by atomic mass is 35.5. The molecule has 1 amide bonds. The number of carbonyl (C=O) groups excluding carboxylic acids is 1. The number of hydrogen-bond acceptors (Lipinski definition) is 4. The Kier molecular flexibility index (Phi) is 6.14. The molecule has 176 valence electrons. The van der Waals surface area contributed by atoms with Crippen molar-refractivity contribution in [2.75, 3.05) is 25.2 Å². The highest BCUT2D eigenvalue weighted by molar-refractivity contribution is 7.89. The van der Waals surface area contributed by atoms with Gasteiger partial charge in [-0.05, 0) is 67.5 Å². The summed E-state index contributed by atoms with van der Waals surface area (Å²) in [5.41, 5.74) is 2.18. The fraction of sp³-hybridized carbons (Fsp3) is 0.480. The smallest absolute Gasteiger partial charge is 0.254 e. The minimum Gasteiger partial charge on any atom is -0.359 e. The van der Waals surface area contributed by atoms with Crippen molar-refractivity contribution >= 4 is 33.2 Å². The first kappa shape index (κ1) is 22.7. The predicted molar refractivity (Wildman–Crippen MR) is 130 cm³/mol. The van der Waals surface area contributed by atoms with Gasteiger partial charge in [-0.15, -0.1) is 0 Å². The summed E-state index contributed by atoms with van der Waals surface area (Å²) in [6.07, 6.45) is 7.15. The molecule has 1 aliphatic carbocycles. The summed E-state index contributed by atoms with van der Waals surface area (Å²) >= 11 is 6.08. The summed E-state index contributed by atoms with van der Waals surface area (Å²) in [4.78, 5) is 17.5. The average molecular weight is 488 g/mol. The number of hydrogen-bond donors (Lipinski definition) is 0. The van der Waals surface area contributed by atoms with E-state index in [4.69, 9.17) is 11.6 Å². The lowest BCUT2D eigenvalue weighted by Gasteiger charge is -2.44. The topological polar surface area (TPSA) is 60.9 Å². The molecule has 0 radical (unpaired) electrons. The minimum absolute atomic E-state index is 0.104. The van der Waals surface area contributed by atoms with Crippen LogP contribution in [0.25, 0.3) is 0 Å². The van der Waals surface area contributed by atoms with Crippen LogP contribution in [0.5, 0.6) is 0 Å². The average Bonchev–Trinajstić information content (AvgIpc) is 2.82. The first-order chi connectivity index (χ1) is 15.8. The second-order valence-corrected chi connectivity index (χ2v) is 11.9. The molecule has 2 fully saturated rings. The van der Waals surface area contributed by atoms with Crippen LogP contribution in [-0.2, 0) is 16.6 Å². The van der Waals surface area contributed by atoms with Crippen LogP contribution in [0.1, 0.15) is 54.4 Å². The number of nitrogens with zero attached hydrogens (tertiary/aromatic N) is 3. The normalized spacial score (nSPS) is 24.8. The summed E-state index contributed by atoms with van der Waals surface area (Å²) in [5.74, 6) is 0.750. The maximum atomic E-state index is 13.3. The monoisotopic (exact) mass is 487 g/mol. The molecule has 0 bridgehead atoms. The van der Waals surface area contributed by atoms with Crippen LogP contribution in [-0.4, -0.2) is 49.8 Å². The molecular weight excluding hydrogens is 458 g/mol. The second-order valence-electron chi connectivity index (χ2n) is 9.52. The van der Waals surface area contributed by atoms with Crippen molar-refractivity contribution in [3.8, 4) is 0 Å². The molecular formula is C25H30ClN3O3S. The Bertz CT molecular complexity index is 1150. The van der Waals surface area contributed by atoms with E-state index in [-0.39, 0.29) is 24.0 Å². The maximum absolute atomic E-state index is 13.3. The van der Waals surface area contributed by atoms with Crippen LogP contribution >= 0.6 is 11.6 Å². The highest BCUT2D eigenvalue weighted by Gasteiger charge is 2.36. The number of halogens is 1. The van der Waals surface area contributed by atoms with Gasteiger partial charge in [-0.1, -0.05) is 36.6 Å². The zero-order valence-electron chi connectivity index (χ0n) is 18.9. The van der Waals surface area contributed by atoms with Crippen LogP contribution in [0.2, 0.25) is 5.02 Å². The van der Waals surface area contributed by atoms with E-state index in [2.05, 4.69) is 4.90 Å². The number of piperidine rings is 1. The molecule has 8 heteroatoms. The van der Waals surface area contributed by atoms with E-state index in [9.17, 15) is 13.2 Å². The number of sulfonamides is 1. The Morgan fingerprint density at radius 3 is 2.55 bits per heavy atom. The molecule has 5 rings (SSSR count). The number of anilines is 1. The molecule has 2 aromatic carbocycles. The van der Waals surface area contributed by atoms with E-state index < -0.39 is 10.0 Å². The van der Waals surface area contributed by atoms with E-state index in [1.807, 2.05) is 36.2 Å². The van der Waals surface area contributed by atoms with Gasteiger partial charge < -0.3 is 9.80 Å². The zero-order valence-corrected chi connectivity index (χ0v) is 20.5. The Balaban J connectivity index is 1.32. The predicted octanol–water partition coefficient (Wildman–Crippen LogP) is 4.73. The van der Waals surface area contributed by atoms with Gasteiger partial charge in [0.25, 0.3) is 5.91 Å². The number of benzene rings is 2. The van der Waals surface area contributed by atoms with Crippen LogP contribution in [0.3, 0.4) is 0 Å². The quantitative estimate of drug-likeness (QED) is 0.627. The molecule has 0 N–H and O–H groups in total. The minimum atomic E-state index is -3.66. The molecule has 2 atom stereocenters. The number of carbonyl (C=O) groups is 1. The molecule has 2 aliphatic heterocycles. The van der Waals surface area contributed by atoms with Crippen LogP contribution < -0.4 is 4.90 Å². The standard InChI is InChI=1S/C25H30ClN3O3S/c1-27-17-28(33(31,32)24-15-21(26)12-13-23(24)27)16-18-8-10-20(11-9-18)25(30)29-14-4-6-19-5-2-3-7-22(19)29/h8-13,15,19,22H,2-7,14,16-17H2,1H3. The number of fused-ring (bicyclic) bond motifs is 2. The van der Waals surface area contributed by atoms with Crippen molar-refractivity contribution < 1.29 is 13.2 Å². The lowest BCUT2D eigenvalue weighted by atomic mass is 9.78. The fourth-order valence-corrected chi connectivity index (χ4v) is 7.60. The van der Waals surface area contributed by atoms with E-state index in [0.29, 0.717) is 28.2 Å². The first-order valence-corrected chi connectivity index (χ1v) is 13.6. The molecule has 0 spiro atoms. The zero-order chi connectivity index (χ0) is 23.2. The SMILES string of the molecule is CN1CN(Cc2ccc(C(=O)N3CCCC4CCCCC43)cc2)S(=O)(=O)c2cc(Cl)ccc21. The van der Waals surface area contributed by atoms with Crippen LogP contribution in [0.4, 0.5) is 5.69 Å². The van der Waals surface area contributed by atoms with Crippen molar-refractivity contribution in [1.29, 1.82) is 0 Å². The Labute approximate surface area is 201 Å². The van der Waals surface area contributed by atoms with Gasteiger partial charge in [0.2, 0.25) is 10.0 Å². The van der Waals surface area contributed by atoms with Crippen LogP contribution in [0, 0.1) is 5.92 Å².